The van der Waals surface area contributed by atoms with Crippen LogP contribution in [0.2, 0.25) is 0 Å². The van der Waals surface area contributed by atoms with Crippen LogP contribution in [0.15, 0.2) is 30.3 Å². The molecule has 0 spiro atoms. The van der Waals surface area contributed by atoms with E-state index in [9.17, 15) is 9.59 Å². The van der Waals surface area contributed by atoms with Crippen LogP contribution < -0.4 is 10.6 Å². The van der Waals surface area contributed by atoms with Gasteiger partial charge in [-0.3, -0.25) is 9.59 Å². The predicted octanol–water partition coefficient (Wildman–Crippen LogP) is 0.795. The number of hydrogen-bond donors (Lipinski definition) is 3. The Balaban J connectivity index is 2.39. The Morgan fingerprint density at radius 1 is 1.24 bits per heavy atom. The Morgan fingerprint density at radius 2 is 1.90 bits per heavy atom. The Labute approximate surface area is 130 Å². The van der Waals surface area contributed by atoms with Gasteiger partial charge in [-0.2, -0.15) is 12.6 Å². The van der Waals surface area contributed by atoms with Gasteiger partial charge in [0.15, 0.2) is 0 Å². The zero-order valence-corrected chi connectivity index (χ0v) is 13.2. The van der Waals surface area contributed by atoms with E-state index in [1.54, 1.807) is 14.0 Å². The number of ether oxygens (including phenoxy) is 1. The molecule has 2 amide bonds. The topological polar surface area (TPSA) is 67.4 Å². The number of benzene rings is 1. The van der Waals surface area contributed by atoms with Crippen LogP contribution in [0.25, 0.3) is 0 Å². The van der Waals surface area contributed by atoms with Gasteiger partial charge in [-0.25, -0.2) is 0 Å². The molecular weight excluding hydrogens is 288 g/mol. The lowest BCUT2D eigenvalue weighted by Gasteiger charge is -2.17. The predicted molar refractivity (Wildman–Crippen MR) is 85.4 cm³/mol. The maximum atomic E-state index is 12.0. The first-order valence-corrected chi connectivity index (χ1v) is 7.35. The summed E-state index contributed by atoms with van der Waals surface area (Å²) in [6.45, 7) is 2.50. The zero-order chi connectivity index (χ0) is 15.7. The summed E-state index contributed by atoms with van der Waals surface area (Å²) in [7, 11) is 1.56. The van der Waals surface area contributed by atoms with Gasteiger partial charge in [0.1, 0.15) is 6.04 Å². The molecule has 0 bridgehead atoms. The van der Waals surface area contributed by atoms with E-state index in [4.69, 9.17) is 4.74 Å². The average Bonchev–Trinajstić information content (AvgIpc) is 2.48. The highest BCUT2D eigenvalue weighted by atomic mass is 32.1. The Hall–Kier alpha value is -1.53. The second-order valence-electron chi connectivity index (χ2n) is 4.72. The molecule has 0 aromatic heterocycles. The van der Waals surface area contributed by atoms with E-state index >= 15 is 0 Å². The molecule has 6 heteroatoms. The van der Waals surface area contributed by atoms with E-state index < -0.39 is 11.3 Å². The van der Waals surface area contributed by atoms with Crippen LogP contribution in [0.1, 0.15) is 12.5 Å². The highest BCUT2D eigenvalue weighted by Crippen LogP contribution is 2.08. The number of thiol groups is 1. The molecule has 1 aromatic rings. The fraction of sp³-hybridized carbons (Fsp3) is 0.467. The minimum atomic E-state index is -0.597. The van der Waals surface area contributed by atoms with Crippen molar-refractivity contribution in [3.05, 3.63) is 35.9 Å². The number of methoxy groups -OCH3 is 1. The van der Waals surface area contributed by atoms with Crippen molar-refractivity contribution >= 4 is 24.4 Å². The van der Waals surface area contributed by atoms with Crippen LogP contribution in [-0.2, 0) is 20.7 Å². The summed E-state index contributed by atoms with van der Waals surface area (Å²) in [5.41, 5.74) is 1.03. The lowest BCUT2D eigenvalue weighted by Crippen LogP contribution is -2.48. The molecule has 2 unspecified atom stereocenters. The summed E-state index contributed by atoms with van der Waals surface area (Å²) in [5.74, 6) is -0.489. The van der Waals surface area contributed by atoms with E-state index in [0.29, 0.717) is 19.6 Å². The smallest absolute Gasteiger partial charge is 0.242 e. The van der Waals surface area contributed by atoms with Crippen molar-refractivity contribution < 1.29 is 14.3 Å². The van der Waals surface area contributed by atoms with E-state index in [0.717, 1.165) is 5.56 Å². The van der Waals surface area contributed by atoms with E-state index in [2.05, 4.69) is 23.3 Å². The van der Waals surface area contributed by atoms with Crippen LogP contribution in [0, 0.1) is 0 Å². The number of rotatable bonds is 8. The van der Waals surface area contributed by atoms with Crippen molar-refractivity contribution in [1.29, 1.82) is 0 Å². The number of amides is 2. The van der Waals surface area contributed by atoms with E-state index in [1.807, 2.05) is 30.3 Å². The molecule has 1 aromatic carbocycles. The van der Waals surface area contributed by atoms with E-state index in [1.165, 1.54) is 0 Å². The van der Waals surface area contributed by atoms with Crippen molar-refractivity contribution in [1.82, 2.24) is 10.6 Å². The molecule has 0 heterocycles. The summed E-state index contributed by atoms with van der Waals surface area (Å²) >= 11 is 4.30. The zero-order valence-electron chi connectivity index (χ0n) is 12.3. The molecule has 0 aliphatic heterocycles. The Kier molecular flexibility index (Phi) is 7.85. The number of nitrogens with one attached hydrogen (secondary N) is 2. The van der Waals surface area contributed by atoms with Gasteiger partial charge in [0.05, 0.1) is 11.9 Å². The summed E-state index contributed by atoms with van der Waals surface area (Å²) in [6.07, 6.45) is 0.522. The molecule has 0 aliphatic rings. The van der Waals surface area contributed by atoms with Crippen LogP contribution in [-0.4, -0.2) is 43.4 Å². The van der Waals surface area contributed by atoms with Gasteiger partial charge in [-0.15, -0.1) is 0 Å². The third-order valence-corrected chi connectivity index (χ3v) is 3.35. The SMILES string of the molecule is COCCNC(=O)C(C)NC(=O)C(S)Cc1ccccc1. The summed E-state index contributed by atoms with van der Waals surface area (Å²) in [4.78, 5) is 23.7. The van der Waals surface area contributed by atoms with Gasteiger partial charge in [0.2, 0.25) is 11.8 Å². The quantitative estimate of drug-likeness (QED) is 0.491. The fourth-order valence-corrected chi connectivity index (χ4v) is 2.02. The molecule has 2 N–H and O–H groups in total. The fourth-order valence-electron chi connectivity index (χ4n) is 1.73. The third kappa shape index (κ3) is 6.64. The molecule has 2 atom stereocenters. The molecule has 21 heavy (non-hydrogen) atoms. The first-order valence-electron chi connectivity index (χ1n) is 6.83. The Bertz CT molecular complexity index is 453. The van der Waals surface area contributed by atoms with Gasteiger partial charge in [0, 0.05) is 13.7 Å². The second-order valence-corrected chi connectivity index (χ2v) is 5.34. The summed E-state index contributed by atoms with van der Waals surface area (Å²) in [6, 6.07) is 9.04. The van der Waals surface area contributed by atoms with Crippen LogP contribution >= 0.6 is 12.6 Å². The highest BCUT2D eigenvalue weighted by Gasteiger charge is 2.20. The molecule has 0 radical (unpaired) electrons. The van der Waals surface area contributed by atoms with E-state index in [-0.39, 0.29) is 11.8 Å². The molecular formula is C15H22N2O3S. The van der Waals surface area contributed by atoms with Crippen molar-refractivity contribution in [2.45, 2.75) is 24.6 Å². The maximum Gasteiger partial charge on any atom is 0.242 e. The first kappa shape index (κ1) is 17.5. The first-order chi connectivity index (χ1) is 10.0. The molecule has 0 fully saturated rings. The van der Waals surface area contributed by atoms with Crippen LogP contribution in [0.5, 0.6) is 0 Å². The number of hydrogen-bond acceptors (Lipinski definition) is 4. The van der Waals surface area contributed by atoms with Gasteiger partial charge < -0.3 is 15.4 Å². The van der Waals surface area contributed by atoms with Crippen molar-refractivity contribution in [3.63, 3.8) is 0 Å². The van der Waals surface area contributed by atoms with Crippen molar-refractivity contribution in [3.8, 4) is 0 Å². The molecule has 1 rings (SSSR count). The largest absolute Gasteiger partial charge is 0.383 e. The number of carbonyl (C=O) groups is 2. The number of carbonyl (C=O) groups excluding carboxylic acids is 2. The summed E-state index contributed by atoms with van der Waals surface area (Å²) < 4.78 is 4.84. The normalized spacial score (nSPS) is 13.3. The standard InChI is InChI=1S/C15H22N2O3S/c1-11(14(18)16-8-9-20-2)17-15(19)13(21)10-12-6-4-3-5-7-12/h3-7,11,13,21H,8-10H2,1-2H3,(H,16,18)(H,17,19). The van der Waals surface area contributed by atoms with Gasteiger partial charge >= 0.3 is 0 Å². The minimum Gasteiger partial charge on any atom is -0.383 e. The van der Waals surface area contributed by atoms with Gasteiger partial charge in [-0.05, 0) is 18.9 Å². The van der Waals surface area contributed by atoms with Gasteiger partial charge in [0.25, 0.3) is 0 Å². The molecule has 0 saturated carbocycles. The van der Waals surface area contributed by atoms with Crippen LogP contribution in [0.3, 0.4) is 0 Å². The molecule has 116 valence electrons. The third-order valence-electron chi connectivity index (χ3n) is 2.93. The van der Waals surface area contributed by atoms with Gasteiger partial charge in [-0.1, -0.05) is 30.3 Å². The Morgan fingerprint density at radius 3 is 2.52 bits per heavy atom. The summed E-state index contributed by atoms with van der Waals surface area (Å²) in [5, 5.41) is 4.85. The van der Waals surface area contributed by atoms with Crippen molar-refractivity contribution in [2.24, 2.45) is 0 Å². The van der Waals surface area contributed by atoms with Crippen molar-refractivity contribution in [2.75, 3.05) is 20.3 Å². The molecule has 0 aliphatic carbocycles. The molecule has 0 saturated heterocycles. The minimum absolute atomic E-state index is 0.236. The maximum absolute atomic E-state index is 12.0. The monoisotopic (exact) mass is 310 g/mol. The average molecular weight is 310 g/mol. The second kappa shape index (κ2) is 9.41. The highest BCUT2D eigenvalue weighted by molar-refractivity contribution is 7.81. The molecule has 5 nitrogen and oxygen atoms in total. The lowest BCUT2D eigenvalue weighted by molar-refractivity contribution is -0.128. The van der Waals surface area contributed by atoms with Crippen LogP contribution in [0.4, 0.5) is 0 Å². The lowest BCUT2D eigenvalue weighted by atomic mass is 10.1.